The lowest BCUT2D eigenvalue weighted by Crippen LogP contribution is -2.40. The molecule has 0 bridgehead atoms. The highest BCUT2D eigenvalue weighted by molar-refractivity contribution is 5.85. The fraction of sp³-hybridized carbons (Fsp3) is 0.310. The van der Waals surface area contributed by atoms with E-state index in [0.29, 0.717) is 24.3 Å². The lowest BCUT2D eigenvalue weighted by molar-refractivity contribution is -0.133. The summed E-state index contributed by atoms with van der Waals surface area (Å²) in [5.41, 5.74) is 5.68. The van der Waals surface area contributed by atoms with Crippen LogP contribution in [0.3, 0.4) is 0 Å². The zero-order valence-electron chi connectivity index (χ0n) is 18.0. The van der Waals surface area contributed by atoms with E-state index in [1.807, 2.05) is 18.2 Å². The van der Waals surface area contributed by atoms with E-state index in [0.717, 1.165) is 24.8 Å². The largest absolute Gasteiger partial charge is 0.335 e. The Hall–Kier alpha value is -3.38. The van der Waals surface area contributed by atoms with Crippen molar-refractivity contribution in [2.24, 2.45) is 11.8 Å². The molecule has 3 nitrogen and oxygen atoms in total. The first-order chi connectivity index (χ1) is 15.8. The standard InChI is InChI=1S/C29H26N2O/c30-17-20-14-15-23-24(16-20)22-12-7-13-25-27(22)28(26(23)21-10-5-2-6-11-21)29(32)31(25)18-19-8-3-1-4-9-19/h1-6,8-11,14-16,22,25-28H,7,12-13,18H2/t22-,25?,26+,27?,28?/m1/s1. The summed E-state index contributed by atoms with van der Waals surface area (Å²) in [6.07, 6.45) is 3.31. The summed E-state index contributed by atoms with van der Waals surface area (Å²) >= 11 is 0. The zero-order valence-corrected chi connectivity index (χ0v) is 18.0. The molecule has 5 atom stereocenters. The van der Waals surface area contributed by atoms with Crippen LogP contribution in [0.5, 0.6) is 0 Å². The number of amides is 1. The van der Waals surface area contributed by atoms with Crippen LogP contribution >= 0.6 is 0 Å². The number of nitrogens with zero attached hydrogens (tertiary/aromatic N) is 2. The van der Waals surface area contributed by atoms with Crippen LogP contribution in [-0.4, -0.2) is 16.8 Å². The number of benzene rings is 3. The molecule has 32 heavy (non-hydrogen) atoms. The van der Waals surface area contributed by atoms with E-state index in [4.69, 9.17) is 0 Å². The van der Waals surface area contributed by atoms with Gasteiger partial charge in [0.05, 0.1) is 17.6 Å². The maximum atomic E-state index is 14.1. The number of fused-ring (bicyclic) bond motifs is 2. The van der Waals surface area contributed by atoms with Gasteiger partial charge in [-0.25, -0.2) is 0 Å². The highest BCUT2D eigenvalue weighted by Gasteiger charge is 2.58. The van der Waals surface area contributed by atoms with E-state index in [9.17, 15) is 10.1 Å². The lowest BCUT2D eigenvalue weighted by Gasteiger charge is -2.45. The highest BCUT2D eigenvalue weighted by atomic mass is 16.2. The molecule has 158 valence electrons. The molecule has 1 saturated heterocycles. The average Bonchev–Trinajstić information content (AvgIpc) is 3.13. The Bertz CT molecular complexity index is 1200. The van der Waals surface area contributed by atoms with Crippen LogP contribution in [-0.2, 0) is 11.3 Å². The maximum absolute atomic E-state index is 14.1. The topological polar surface area (TPSA) is 44.1 Å². The third-order valence-corrected chi connectivity index (χ3v) is 7.97. The molecule has 0 spiro atoms. The number of carbonyl (C=O) groups is 1. The first-order valence-corrected chi connectivity index (χ1v) is 11.7. The van der Waals surface area contributed by atoms with Crippen LogP contribution in [0, 0.1) is 23.2 Å². The SMILES string of the molecule is N#Cc1ccc2c(c1)[C@H]1CCCC3C1C(C(=O)N3Cc1ccccc1)[C@H]2c1ccccc1. The minimum atomic E-state index is -0.0307. The van der Waals surface area contributed by atoms with Crippen molar-refractivity contribution in [3.05, 3.63) is 107 Å². The van der Waals surface area contributed by atoms with Crippen molar-refractivity contribution in [2.75, 3.05) is 0 Å². The molecule has 0 N–H and O–H groups in total. The van der Waals surface area contributed by atoms with Gasteiger partial charge in [0.15, 0.2) is 0 Å². The van der Waals surface area contributed by atoms with Crippen molar-refractivity contribution in [1.82, 2.24) is 4.90 Å². The molecule has 3 aromatic rings. The predicted octanol–water partition coefficient (Wildman–Crippen LogP) is 5.61. The maximum Gasteiger partial charge on any atom is 0.227 e. The molecule has 6 rings (SSSR count). The molecule has 3 heteroatoms. The number of likely N-dealkylation sites (tertiary alicyclic amines) is 1. The number of nitriles is 1. The molecule has 0 aromatic heterocycles. The molecule has 1 amide bonds. The Morgan fingerprint density at radius 1 is 0.906 bits per heavy atom. The van der Waals surface area contributed by atoms with Crippen molar-refractivity contribution >= 4 is 5.91 Å². The Morgan fingerprint density at radius 2 is 1.66 bits per heavy atom. The summed E-state index contributed by atoms with van der Waals surface area (Å²) in [6, 6.07) is 29.7. The Kier molecular flexibility index (Phi) is 4.61. The minimum Gasteiger partial charge on any atom is -0.335 e. The number of hydrogen-bond acceptors (Lipinski definition) is 2. The second-order valence-corrected chi connectivity index (χ2v) is 9.50. The van der Waals surface area contributed by atoms with Gasteiger partial charge in [0.25, 0.3) is 0 Å². The second-order valence-electron chi connectivity index (χ2n) is 9.50. The first kappa shape index (κ1) is 19.3. The predicted molar refractivity (Wildman–Crippen MR) is 124 cm³/mol. The normalized spacial score (nSPS) is 28.0. The molecule has 1 aliphatic heterocycles. The van der Waals surface area contributed by atoms with E-state index in [2.05, 4.69) is 71.6 Å². The van der Waals surface area contributed by atoms with Gasteiger partial charge in [-0.1, -0.05) is 73.2 Å². The van der Waals surface area contributed by atoms with Crippen molar-refractivity contribution in [2.45, 2.75) is 43.7 Å². The van der Waals surface area contributed by atoms with Gasteiger partial charge in [-0.3, -0.25) is 4.79 Å². The van der Waals surface area contributed by atoms with Gasteiger partial charge in [-0.15, -0.1) is 0 Å². The molecular formula is C29H26N2O. The molecule has 3 aliphatic rings. The smallest absolute Gasteiger partial charge is 0.227 e. The van der Waals surface area contributed by atoms with Crippen molar-refractivity contribution in [1.29, 1.82) is 5.26 Å². The third kappa shape index (κ3) is 2.90. The number of rotatable bonds is 3. The molecule has 2 aliphatic carbocycles. The fourth-order valence-corrected chi connectivity index (χ4v) is 6.77. The summed E-state index contributed by atoms with van der Waals surface area (Å²) in [5, 5.41) is 9.57. The number of carbonyl (C=O) groups excluding carboxylic acids is 1. The second kappa shape index (κ2) is 7.64. The fourth-order valence-electron chi connectivity index (χ4n) is 6.77. The first-order valence-electron chi connectivity index (χ1n) is 11.7. The van der Waals surface area contributed by atoms with Crippen molar-refractivity contribution in [3.8, 4) is 6.07 Å². The zero-order chi connectivity index (χ0) is 21.7. The number of hydrogen-bond donors (Lipinski definition) is 0. The van der Waals surface area contributed by atoms with Gasteiger partial charge in [-0.2, -0.15) is 5.26 Å². The monoisotopic (exact) mass is 418 g/mol. The van der Waals surface area contributed by atoms with E-state index in [1.54, 1.807) is 0 Å². The molecular weight excluding hydrogens is 392 g/mol. The van der Waals surface area contributed by atoms with Crippen molar-refractivity contribution < 1.29 is 4.79 Å². The van der Waals surface area contributed by atoms with Gasteiger partial charge in [-0.05, 0) is 59.1 Å². The van der Waals surface area contributed by atoms with Gasteiger partial charge in [0, 0.05) is 18.5 Å². The van der Waals surface area contributed by atoms with Gasteiger partial charge in [0.2, 0.25) is 5.91 Å². The van der Waals surface area contributed by atoms with E-state index in [-0.39, 0.29) is 17.9 Å². The van der Waals surface area contributed by atoms with E-state index < -0.39 is 0 Å². The Balaban J connectivity index is 1.50. The summed E-state index contributed by atoms with van der Waals surface area (Å²) in [6.45, 7) is 0.686. The molecule has 3 unspecified atom stereocenters. The van der Waals surface area contributed by atoms with E-state index in [1.165, 1.54) is 22.3 Å². The highest BCUT2D eigenvalue weighted by Crippen LogP contribution is 2.59. The average molecular weight is 419 g/mol. The molecule has 0 radical (unpaired) electrons. The van der Waals surface area contributed by atoms with Crippen LogP contribution in [0.4, 0.5) is 0 Å². The summed E-state index contributed by atoms with van der Waals surface area (Å²) in [5.74, 6) is 0.990. The van der Waals surface area contributed by atoms with Crippen molar-refractivity contribution in [3.63, 3.8) is 0 Å². The van der Waals surface area contributed by atoms with E-state index >= 15 is 0 Å². The van der Waals surface area contributed by atoms with Crippen LogP contribution in [0.25, 0.3) is 0 Å². The quantitative estimate of drug-likeness (QED) is 0.554. The lowest BCUT2D eigenvalue weighted by atomic mass is 9.58. The molecule has 1 saturated carbocycles. The molecule has 2 fully saturated rings. The van der Waals surface area contributed by atoms with Crippen LogP contribution in [0.2, 0.25) is 0 Å². The van der Waals surface area contributed by atoms with Crippen LogP contribution in [0.1, 0.15) is 58.9 Å². The Labute approximate surface area is 189 Å². The summed E-state index contributed by atoms with van der Waals surface area (Å²) in [7, 11) is 0. The minimum absolute atomic E-state index is 0.0307. The van der Waals surface area contributed by atoms with Gasteiger partial charge >= 0.3 is 0 Å². The van der Waals surface area contributed by atoms with Gasteiger partial charge < -0.3 is 4.90 Å². The third-order valence-electron chi connectivity index (χ3n) is 7.97. The van der Waals surface area contributed by atoms with Gasteiger partial charge in [0.1, 0.15) is 0 Å². The summed E-state index contributed by atoms with van der Waals surface area (Å²) in [4.78, 5) is 16.3. The van der Waals surface area contributed by atoms with Crippen LogP contribution < -0.4 is 0 Å². The summed E-state index contributed by atoms with van der Waals surface area (Å²) < 4.78 is 0. The van der Waals surface area contributed by atoms with Crippen LogP contribution in [0.15, 0.2) is 78.9 Å². The Morgan fingerprint density at radius 3 is 2.41 bits per heavy atom. The molecule has 1 heterocycles. The molecule has 3 aromatic carbocycles.